The Balaban J connectivity index is 1.70. The number of nitrogens with zero attached hydrogens (tertiary/aromatic N) is 1. The zero-order valence-electron chi connectivity index (χ0n) is 11.4. The molecule has 2 heterocycles. The summed E-state index contributed by atoms with van der Waals surface area (Å²) in [6.07, 6.45) is 2.42. The minimum absolute atomic E-state index is 0.0300. The first-order valence-corrected chi connectivity index (χ1v) is 6.76. The van der Waals surface area contributed by atoms with Crippen molar-refractivity contribution in [1.82, 2.24) is 10.3 Å². The first-order chi connectivity index (χ1) is 9.72. The van der Waals surface area contributed by atoms with Crippen molar-refractivity contribution in [2.24, 2.45) is 0 Å². The number of nitrogens with one attached hydrogen (secondary N) is 2. The molecule has 0 saturated heterocycles. The van der Waals surface area contributed by atoms with Gasteiger partial charge in [-0.15, -0.1) is 0 Å². The number of aryl methyl sites for hydroxylation is 1. The van der Waals surface area contributed by atoms with Gasteiger partial charge in [0.25, 0.3) is 0 Å². The van der Waals surface area contributed by atoms with Crippen LogP contribution in [0.25, 0.3) is 0 Å². The molecule has 1 aliphatic heterocycles. The van der Waals surface area contributed by atoms with E-state index in [1.165, 1.54) is 11.1 Å². The third kappa shape index (κ3) is 2.70. The van der Waals surface area contributed by atoms with E-state index >= 15 is 0 Å². The van der Waals surface area contributed by atoms with Gasteiger partial charge in [-0.2, -0.15) is 0 Å². The fraction of sp³-hybridized carbons (Fsp3) is 0.250. The monoisotopic (exact) mass is 267 g/mol. The second-order valence-corrected chi connectivity index (χ2v) is 5.11. The van der Waals surface area contributed by atoms with Crippen molar-refractivity contribution < 1.29 is 4.79 Å². The topological polar surface area (TPSA) is 54.0 Å². The van der Waals surface area contributed by atoms with E-state index in [1.54, 1.807) is 6.20 Å². The molecule has 1 amide bonds. The van der Waals surface area contributed by atoms with Gasteiger partial charge in [0.15, 0.2) is 0 Å². The van der Waals surface area contributed by atoms with Crippen LogP contribution in [-0.2, 0) is 17.8 Å². The normalized spacial score (nSPS) is 17.4. The van der Waals surface area contributed by atoms with Gasteiger partial charge in [-0.05, 0) is 42.2 Å². The summed E-state index contributed by atoms with van der Waals surface area (Å²) in [6.45, 7) is 2.71. The maximum Gasteiger partial charge on any atom is 0.243 e. The molecule has 1 aromatic carbocycles. The summed E-state index contributed by atoms with van der Waals surface area (Å²) in [5, 5.41) is 6.14. The SMILES string of the molecule is Cc1ccnc(NC(=O)[C@@H]2Cc3ccccc3CN2)c1. The fourth-order valence-electron chi connectivity index (χ4n) is 2.46. The molecule has 0 saturated carbocycles. The minimum Gasteiger partial charge on any atom is -0.309 e. The van der Waals surface area contributed by atoms with Crippen molar-refractivity contribution in [2.45, 2.75) is 25.9 Å². The predicted octanol–water partition coefficient (Wildman–Crippen LogP) is 2.04. The second-order valence-electron chi connectivity index (χ2n) is 5.11. The number of carbonyl (C=O) groups is 1. The number of fused-ring (bicyclic) bond motifs is 1. The molecule has 0 radical (unpaired) electrons. The molecule has 0 unspecified atom stereocenters. The van der Waals surface area contributed by atoms with Crippen molar-refractivity contribution in [3.63, 3.8) is 0 Å². The first-order valence-electron chi connectivity index (χ1n) is 6.76. The number of amides is 1. The Kier molecular flexibility index (Phi) is 3.48. The summed E-state index contributed by atoms with van der Waals surface area (Å²) in [5.74, 6) is 0.577. The van der Waals surface area contributed by atoms with Gasteiger partial charge >= 0.3 is 0 Å². The maximum absolute atomic E-state index is 12.3. The Hall–Kier alpha value is -2.20. The van der Waals surface area contributed by atoms with Crippen molar-refractivity contribution in [2.75, 3.05) is 5.32 Å². The van der Waals surface area contributed by atoms with Gasteiger partial charge in [-0.25, -0.2) is 4.98 Å². The van der Waals surface area contributed by atoms with Crippen molar-refractivity contribution in [1.29, 1.82) is 0 Å². The van der Waals surface area contributed by atoms with Crippen LogP contribution in [0.3, 0.4) is 0 Å². The average Bonchev–Trinajstić information content (AvgIpc) is 2.47. The smallest absolute Gasteiger partial charge is 0.243 e. The van der Waals surface area contributed by atoms with E-state index in [0.29, 0.717) is 12.2 Å². The highest BCUT2D eigenvalue weighted by Gasteiger charge is 2.23. The van der Waals surface area contributed by atoms with Crippen LogP contribution in [0.1, 0.15) is 16.7 Å². The molecule has 0 bridgehead atoms. The van der Waals surface area contributed by atoms with Gasteiger partial charge in [0.2, 0.25) is 5.91 Å². The van der Waals surface area contributed by atoms with Gasteiger partial charge in [0.05, 0.1) is 6.04 Å². The molecule has 3 rings (SSSR count). The molecular weight excluding hydrogens is 250 g/mol. The van der Waals surface area contributed by atoms with E-state index in [1.807, 2.05) is 31.2 Å². The van der Waals surface area contributed by atoms with Gasteiger partial charge in [0.1, 0.15) is 5.82 Å². The summed E-state index contributed by atoms with van der Waals surface area (Å²) >= 11 is 0. The van der Waals surface area contributed by atoms with Gasteiger partial charge in [-0.1, -0.05) is 24.3 Å². The van der Waals surface area contributed by atoms with E-state index in [2.05, 4.69) is 27.8 Å². The standard InChI is InChI=1S/C16H17N3O/c1-11-6-7-17-15(8-11)19-16(20)14-9-12-4-2-3-5-13(12)10-18-14/h2-8,14,18H,9-10H2,1H3,(H,17,19,20)/t14-/m0/s1. The van der Waals surface area contributed by atoms with Gasteiger partial charge < -0.3 is 10.6 Å². The molecule has 2 aromatic rings. The highest BCUT2D eigenvalue weighted by atomic mass is 16.2. The van der Waals surface area contributed by atoms with Crippen molar-refractivity contribution in [3.8, 4) is 0 Å². The van der Waals surface area contributed by atoms with Crippen LogP contribution >= 0.6 is 0 Å². The number of pyridine rings is 1. The lowest BCUT2D eigenvalue weighted by Gasteiger charge is -2.25. The molecule has 20 heavy (non-hydrogen) atoms. The number of hydrogen-bond donors (Lipinski definition) is 2. The number of benzene rings is 1. The van der Waals surface area contributed by atoms with Crippen LogP contribution in [0.5, 0.6) is 0 Å². The second kappa shape index (κ2) is 5.43. The van der Waals surface area contributed by atoms with Crippen LogP contribution in [0.4, 0.5) is 5.82 Å². The lowest BCUT2D eigenvalue weighted by molar-refractivity contribution is -0.118. The van der Waals surface area contributed by atoms with E-state index in [-0.39, 0.29) is 11.9 Å². The Morgan fingerprint density at radius 1 is 1.30 bits per heavy atom. The predicted molar refractivity (Wildman–Crippen MR) is 78.4 cm³/mol. The van der Waals surface area contributed by atoms with Crippen LogP contribution in [0.2, 0.25) is 0 Å². The molecule has 2 N–H and O–H groups in total. The summed E-state index contributed by atoms with van der Waals surface area (Å²) in [4.78, 5) is 16.4. The molecule has 102 valence electrons. The fourth-order valence-corrected chi connectivity index (χ4v) is 2.46. The first kappa shape index (κ1) is 12.8. The summed E-state index contributed by atoms with van der Waals surface area (Å²) in [6, 6.07) is 11.8. The molecule has 4 heteroatoms. The Bertz CT molecular complexity index is 639. The molecule has 0 fully saturated rings. The van der Waals surface area contributed by atoms with Crippen LogP contribution < -0.4 is 10.6 Å². The van der Waals surface area contributed by atoms with Crippen LogP contribution in [0.15, 0.2) is 42.6 Å². The third-order valence-electron chi connectivity index (χ3n) is 3.56. The van der Waals surface area contributed by atoms with E-state index < -0.39 is 0 Å². The zero-order chi connectivity index (χ0) is 13.9. The summed E-state index contributed by atoms with van der Waals surface area (Å²) < 4.78 is 0. The Morgan fingerprint density at radius 2 is 2.10 bits per heavy atom. The highest BCUT2D eigenvalue weighted by Crippen LogP contribution is 2.17. The van der Waals surface area contributed by atoms with Crippen molar-refractivity contribution >= 4 is 11.7 Å². The Labute approximate surface area is 118 Å². The maximum atomic E-state index is 12.3. The van der Waals surface area contributed by atoms with Crippen molar-refractivity contribution in [3.05, 3.63) is 59.3 Å². The molecular formula is C16H17N3O. The van der Waals surface area contributed by atoms with Gasteiger partial charge in [-0.3, -0.25) is 4.79 Å². The average molecular weight is 267 g/mol. The third-order valence-corrected chi connectivity index (χ3v) is 3.56. The largest absolute Gasteiger partial charge is 0.309 e. The number of aromatic nitrogens is 1. The number of hydrogen-bond acceptors (Lipinski definition) is 3. The zero-order valence-corrected chi connectivity index (χ0v) is 11.4. The highest BCUT2D eigenvalue weighted by molar-refractivity contribution is 5.94. The Morgan fingerprint density at radius 3 is 2.90 bits per heavy atom. The number of rotatable bonds is 2. The molecule has 1 aromatic heterocycles. The van der Waals surface area contributed by atoms with E-state index in [0.717, 1.165) is 12.1 Å². The van der Waals surface area contributed by atoms with E-state index in [4.69, 9.17) is 0 Å². The molecule has 4 nitrogen and oxygen atoms in total. The van der Waals surface area contributed by atoms with Gasteiger partial charge in [0, 0.05) is 12.7 Å². The quantitative estimate of drug-likeness (QED) is 0.875. The van der Waals surface area contributed by atoms with Crippen LogP contribution in [0, 0.1) is 6.92 Å². The molecule has 0 aliphatic carbocycles. The molecule has 1 aliphatic rings. The lowest BCUT2D eigenvalue weighted by Crippen LogP contribution is -2.44. The molecule has 0 spiro atoms. The van der Waals surface area contributed by atoms with E-state index in [9.17, 15) is 4.79 Å². The molecule has 1 atom stereocenters. The number of carbonyl (C=O) groups excluding carboxylic acids is 1. The summed E-state index contributed by atoms with van der Waals surface area (Å²) in [5.41, 5.74) is 3.59. The lowest BCUT2D eigenvalue weighted by atomic mass is 9.95. The van der Waals surface area contributed by atoms with Crippen LogP contribution in [-0.4, -0.2) is 16.9 Å². The minimum atomic E-state index is -0.202. The summed E-state index contributed by atoms with van der Waals surface area (Å²) in [7, 11) is 0. The number of anilines is 1.